The van der Waals surface area contributed by atoms with E-state index in [4.69, 9.17) is 4.74 Å². The van der Waals surface area contributed by atoms with Crippen LogP contribution in [0.15, 0.2) is 140 Å². The summed E-state index contributed by atoms with van der Waals surface area (Å²) >= 11 is 0. The second-order valence-electron chi connectivity index (χ2n) is 10.6. The van der Waals surface area contributed by atoms with Gasteiger partial charge >= 0.3 is 5.97 Å². The molecule has 0 aliphatic heterocycles. The van der Waals surface area contributed by atoms with Gasteiger partial charge in [-0.2, -0.15) is 0 Å². The highest BCUT2D eigenvalue weighted by Crippen LogP contribution is 2.36. The molecule has 0 spiro atoms. The van der Waals surface area contributed by atoms with Crippen molar-refractivity contribution in [1.82, 2.24) is 9.13 Å². The first kappa shape index (κ1) is 24.2. The molecule has 0 bridgehead atoms. The monoisotopic (exact) mass is 542 g/mol. The van der Waals surface area contributed by atoms with Crippen LogP contribution >= 0.6 is 0 Å². The van der Waals surface area contributed by atoms with Gasteiger partial charge in [0, 0.05) is 39.8 Å². The highest BCUT2D eigenvalue weighted by atomic mass is 16.5. The molecule has 0 saturated carbocycles. The van der Waals surface area contributed by atoms with Crippen LogP contribution in [0.3, 0.4) is 0 Å². The van der Waals surface area contributed by atoms with E-state index in [2.05, 4.69) is 124 Å². The Hall–Kier alpha value is -5.61. The van der Waals surface area contributed by atoms with Crippen molar-refractivity contribution in [3.63, 3.8) is 0 Å². The molecule has 0 amide bonds. The normalized spacial score (nSPS) is 11.5. The fraction of sp³-hybridized carbons (Fsp3) is 0.0263. The highest BCUT2D eigenvalue weighted by molar-refractivity contribution is 6.10. The molecule has 200 valence electrons. The van der Waals surface area contributed by atoms with Crippen molar-refractivity contribution in [2.45, 2.75) is 6.92 Å². The zero-order valence-corrected chi connectivity index (χ0v) is 23.0. The molecule has 8 rings (SSSR count). The average molecular weight is 543 g/mol. The molecule has 6 aromatic carbocycles. The van der Waals surface area contributed by atoms with Gasteiger partial charge in [0.25, 0.3) is 0 Å². The summed E-state index contributed by atoms with van der Waals surface area (Å²) in [7, 11) is 0. The molecule has 2 heterocycles. The Morgan fingerprint density at radius 1 is 0.476 bits per heavy atom. The number of carbonyl (C=O) groups is 1. The van der Waals surface area contributed by atoms with Crippen LogP contribution < -0.4 is 4.74 Å². The summed E-state index contributed by atoms with van der Waals surface area (Å²) in [6, 6.07) is 48.8. The van der Waals surface area contributed by atoms with Crippen LogP contribution in [0.25, 0.3) is 66.1 Å². The third-order valence-electron chi connectivity index (χ3n) is 8.07. The number of aromatic nitrogens is 2. The summed E-state index contributed by atoms with van der Waals surface area (Å²) in [6.45, 7) is 1.42. The lowest BCUT2D eigenvalue weighted by atomic mass is 10.0. The largest absolute Gasteiger partial charge is 0.427 e. The standard InChI is InChI=1S/C38H26N2O2/c1-25(41)42-30-22-23-38-34(24-30)33-10-4-7-13-37(33)40(38)29-20-16-27(17-21-29)26-14-18-28(19-15-26)39-35-11-5-2-8-31(35)32-9-3-6-12-36(32)39/h2-24H,1H3. The van der Waals surface area contributed by atoms with Crippen LogP contribution in [0, 0.1) is 0 Å². The Morgan fingerprint density at radius 2 is 0.881 bits per heavy atom. The molecule has 0 N–H and O–H groups in total. The summed E-state index contributed by atoms with van der Waals surface area (Å²) in [5.74, 6) is 0.231. The van der Waals surface area contributed by atoms with Crippen molar-refractivity contribution in [1.29, 1.82) is 0 Å². The van der Waals surface area contributed by atoms with Crippen molar-refractivity contribution >= 4 is 49.6 Å². The van der Waals surface area contributed by atoms with E-state index in [1.165, 1.54) is 34.3 Å². The van der Waals surface area contributed by atoms with Crippen molar-refractivity contribution in [2.24, 2.45) is 0 Å². The molecular formula is C38H26N2O2. The topological polar surface area (TPSA) is 36.2 Å². The molecule has 0 radical (unpaired) electrons. The maximum absolute atomic E-state index is 11.5. The molecule has 4 nitrogen and oxygen atoms in total. The van der Waals surface area contributed by atoms with E-state index in [-0.39, 0.29) is 5.97 Å². The second kappa shape index (κ2) is 9.50. The van der Waals surface area contributed by atoms with Gasteiger partial charge in [-0.3, -0.25) is 4.79 Å². The number of hydrogen-bond acceptors (Lipinski definition) is 2. The van der Waals surface area contributed by atoms with Crippen molar-refractivity contribution < 1.29 is 9.53 Å². The fourth-order valence-corrected chi connectivity index (χ4v) is 6.27. The Balaban J connectivity index is 1.17. The van der Waals surface area contributed by atoms with Crippen LogP contribution in [-0.4, -0.2) is 15.1 Å². The van der Waals surface area contributed by atoms with E-state index in [1.807, 2.05) is 24.3 Å². The van der Waals surface area contributed by atoms with Crippen LogP contribution in [0.5, 0.6) is 5.75 Å². The summed E-state index contributed by atoms with van der Waals surface area (Å²) in [6.07, 6.45) is 0. The molecular weight excluding hydrogens is 516 g/mol. The van der Waals surface area contributed by atoms with Gasteiger partial charge in [0.15, 0.2) is 0 Å². The van der Waals surface area contributed by atoms with E-state index in [1.54, 1.807) is 0 Å². The first-order chi connectivity index (χ1) is 20.7. The zero-order valence-electron chi connectivity index (χ0n) is 23.0. The van der Waals surface area contributed by atoms with Gasteiger partial charge in [-0.25, -0.2) is 0 Å². The van der Waals surface area contributed by atoms with E-state index in [9.17, 15) is 4.79 Å². The number of para-hydroxylation sites is 3. The number of rotatable bonds is 4. The van der Waals surface area contributed by atoms with Crippen LogP contribution in [0.1, 0.15) is 6.92 Å². The molecule has 4 heteroatoms. The lowest BCUT2D eigenvalue weighted by Gasteiger charge is -2.11. The smallest absolute Gasteiger partial charge is 0.308 e. The van der Waals surface area contributed by atoms with E-state index in [0.717, 1.165) is 38.7 Å². The molecule has 8 aromatic rings. The predicted molar refractivity (Wildman–Crippen MR) is 172 cm³/mol. The number of hydrogen-bond donors (Lipinski definition) is 0. The van der Waals surface area contributed by atoms with E-state index >= 15 is 0 Å². The minimum Gasteiger partial charge on any atom is -0.427 e. The zero-order chi connectivity index (χ0) is 28.2. The molecule has 0 atom stereocenters. The number of esters is 1. The van der Waals surface area contributed by atoms with Gasteiger partial charge in [0.05, 0.1) is 22.1 Å². The number of ether oxygens (including phenoxy) is 1. The van der Waals surface area contributed by atoms with Crippen molar-refractivity contribution in [3.05, 3.63) is 140 Å². The maximum Gasteiger partial charge on any atom is 0.308 e. The summed E-state index contributed by atoms with van der Waals surface area (Å²) in [4.78, 5) is 11.5. The lowest BCUT2D eigenvalue weighted by molar-refractivity contribution is -0.131. The molecule has 0 fully saturated rings. The summed E-state index contributed by atoms with van der Waals surface area (Å²) < 4.78 is 9.98. The Bertz CT molecular complexity index is 2230. The minimum absolute atomic E-state index is 0.322. The highest BCUT2D eigenvalue weighted by Gasteiger charge is 2.14. The first-order valence-electron chi connectivity index (χ1n) is 14.1. The van der Waals surface area contributed by atoms with E-state index < -0.39 is 0 Å². The van der Waals surface area contributed by atoms with Crippen LogP contribution in [0.2, 0.25) is 0 Å². The maximum atomic E-state index is 11.5. The second-order valence-corrected chi connectivity index (χ2v) is 10.6. The quantitative estimate of drug-likeness (QED) is 0.164. The van der Waals surface area contributed by atoms with Crippen LogP contribution in [-0.2, 0) is 4.79 Å². The Kier molecular flexibility index (Phi) is 5.47. The molecule has 0 aliphatic rings. The Labute approximate surface area is 242 Å². The third-order valence-corrected chi connectivity index (χ3v) is 8.07. The molecule has 0 aliphatic carbocycles. The summed E-state index contributed by atoms with van der Waals surface area (Å²) in [5.41, 5.74) is 9.14. The van der Waals surface area contributed by atoms with Gasteiger partial charge in [0.2, 0.25) is 0 Å². The predicted octanol–water partition coefficient (Wildman–Crippen LogP) is 9.47. The van der Waals surface area contributed by atoms with Crippen molar-refractivity contribution in [3.8, 4) is 28.3 Å². The van der Waals surface area contributed by atoms with Gasteiger partial charge < -0.3 is 13.9 Å². The van der Waals surface area contributed by atoms with Crippen LogP contribution in [0.4, 0.5) is 0 Å². The van der Waals surface area contributed by atoms with Gasteiger partial charge in [-0.1, -0.05) is 78.9 Å². The SMILES string of the molecule is CC(=O)Oc1ccc2c(c1)c1ccccc1n2-c1ccc(-c2ccc(-n3c4ccccc4c4ccccc43)cc2)cc1. The van der Waals surface area contributed by atoms with E-state index in [0.29, 0.717) is 5.75 Å². The van der Waals surface area contributed by atoms with Crippen molar-refractivity contribution in [2.75, 3.05) is 0 Å². The fourth-order valence-electron chi connectivity index (χ4n) is 6.27. The van der Waals surface area contributed by atoms with Gasteiger partial charge in [0.1, 0.15) is 5.75 Å². The van der Waals surface area contributed by atoms with Gasteiger partial charge in [-0.05, 0) is 71.8 Å². The molecule has 0 saturated heterocycles. The number of fused-ring (bicyclic) bond motifs is 6. The number of carbonyl (C=O) groups excluding carboxylic acids is 1. The molecule has 2 aromatic heterocycles. The molecule has 42 heavy (non-hydrogen) atoms. The third kappa shape index (κ3) is 3.80. The summed E-state index contributed by atoms with van der Waals surface area (Å²) in [5, 5.41) is 4.70. The average Bonchev–Trinajstić information content (AvgIpc) is 3.54. The lowest BCUT2D eigenvalue weighted by Crippen LogP contribution is -2.01. The Morgan fingerprint density at radius 3 is 1.33 bits per heavy atom. The van der Waals surface area contributed by atoms with Gasteiger partial charge in [-0.15, -0.1) is 0 Å². The number of benzene rings is 6. The first-order valence-corrected chi connectivity index (χ1v) is 14.1. The number of nitrogens with zero attached hydrogens (tertiary/aromatic N) is 2. The molecule has 0 unspecified atom stereocenters. The minimum atomic E-state index is -0.322.